The van der Waals surface area contributed by atoms with Gasteiger partial charge in [-0.2, -0.15) is 0 Å². The molecule has 0 saturated carbocycles. The van der Waals surface area contributed by atoms with E-state index < -0.39 is 0 Å². The van der Waals surface area contributed by atoms with Crippen molar-refractivity contribution in [3.63, 3.8) is 0 Å². The van der Waals surface area contributed by atoms with Crippen LogP contribution in [0.3, 0.4) is 0 Å². The summed E-state index contributed by atoms with van der Waals surface area (Å²) in [6, 6.07) is 3.70. The Morgan fingerprint density at radius 2 is 2.50 bits per heavy atom. The van der Waals surface area contributed by atoms with E-state index in [-0.39, 0.29) is 18.2 Å². The first-order valence-electron chi connectivity index (χ1n) is 3.71. The van der Waals surface area contributed by atoms with Crippen molar-refractivity contribution in [1.82, 2.24) is 4.98 Å². The fourth-order valence-electron chi connectivity index (χ4n) is 0.978. The van der Waals surface area contributed by atoms with E-state index in [0.29, 0.717) is 0 Å². The number of primary amides is 1. The molecule has 0 bridgehead atoms. The molecule has 0 aromatic carbocycles. The van der Waals surface area contributed by atoms with Gasteiger partial charge in [-0.25, -0.2) is 0 Å². The molecule has 1 rings (SSSR count). The molecular formula is C9H11N2O. The zero-order valence-electron chi connectivity index (χ0n) is 6.73. The van der Waals surface area contributed by atoms with Gasteiger partial charge >= 0.3 is 0 Å². The van der Waals surface area contributed by atoms with E-state index in [9.17, 15) is 4.79 Å². The van der Waals surface area contributed by atoms with Crippen molar-refractivity contribution < 1.29 is 4.79 Å². The highest BCUT2D eigenvalue weighted by molar-refractivity contribution is 5.74. The van der Waals surface area contributed by atoms with Gasteiger partial charge in [-0.15, -0.1) is 0 Å². The number of amides is 1. The van der Waals surface area contributed by atoms with E-state index in [1.807, 2.05) is 12.1 Å². The maximum Gasteiger partial charge on any atom is 0.218 e. The second-order valence-corrected chi connectivity index (χ2v) is 2.65. The standard InChI is InChI=1S/C9H11N2O/c1-7(5-9(10)12)8-3-2-4-11-6-8/h2-4,6-7H,1,5H2,(H2,10,12). The minimum atomic E-state index is -0.334. The highest BCUT2D eigenvalue weighted by atomic mass is 16.1. The van der Waals surface area contributed by atoms with Crippen molar-refractivity contribution in [1.29, 1.82) is 0 Å². The largest absolute Gasteiger partial charge is 0.370 e. The van der Waals surface area contributed by atoms with Crippen molar-refractivity contribution in [2.24, 2.45) is 5.73 Å². The summed E-state index contributed by atoms with van der Waals surface area (Å²) in [5.74, 6) is -0.421. The lowest BCUT2D eigenvalue weighted by Crippen LogP contribution is -2.13. The van der Waals surface area contributed by atoms with Crippen LogP contribution in [0.2, 0.25) is 0 Å². The molecule has 3 nitrogen and oxygen atoms in total. The lowest BCUT2D eigenvalue weighted by atomic mass is 10.00. The average molecular weight is 163 g/mol. The number of nitrogens with zero attached hydrogens (tertiary/aromatic N) is 1. The summed E-state index contributed by atoms with van der Waals surface area (Å²) in [7, 11) is 0. The summed E-state index contributed by atoms with van der Waals surface area (Å²) in [4.78, 5) is 14.5. The third-order valence-corrected chi connectivity index (χ3v) is 1.60. The number of rotatable bonds is 3. The maximum atomic E-state index is 10.5. The zero-order chi connectivity index (χ0) is 8.97. The van der Waals surface area contributed by atoms with E-state index in [2.05, 4.69) is 11.9 Å². The number of nitrogens with two attached hydrogens (primary N) is 1. The van der Waals surface area contributed by atoms with E-state index in [1.54, 1.807) is 12.4 Å². The summed E-state index contributed by atoms with van der Waals surface area (Å²) in [6.07, 6.45) is 3.65. The molecule has 1 aromatic heterocycles. The quantitative estimate of drug-likeness (QED) is 0.719. The zero-order valence-corrected chi connectivity index (χ0v) is 6.73. The summed E-state index contributed by atoms with van der Waals surface area (Å²) in [6.45, 7) is 3.81. The number of pyridine rings is 1. The molecule has 1 heterocycles. The highest BCUT2D eigenvalue weighted by Gasteiger charge is 2.07. The second kappa shape index (κ2) is 3.85. The van der Waals surface area contributed by atoms with Crippen LogP contribution in [0.1, 0.15) is 17.9 Å². The molecule has 2 N–H and O–H groups in total. The predicted molar refractivity (Wildman–Crippen MR) is 46.1 cm³/mol. The molecule has 3 heteroatoms. The molecule has 0 saturated heterocycles. The second-order valence-electron chi connectivity index (χ2n) is 2.65. The Hall–Kier alpha value is -1.38. The fourth-order valence-corrected chi connectivity index (χ4v) is 0.978. The third kappa shape index (κ3) is 2.34. The Kier molecular flexibility index (Phi) is 2.80. The normalized spacial score (nSPS) is 12.4. The lowest BCUT2D eigenvalue weighted by molar-refractivity contribution is -0.118. The van der Waals surface area contributed by atoms with Crippen molar-refractivity contribution >= 4 is 5.91 Å². The van der Waals surface area contributed by atoms with Crippen LogP contribution >= 0.6 is 0 Å². The van der Waals surface area contributed by atoms with Gasteiger partial charge in [0.15, 0.2) is 0 Å². The van der Waals surface area contributed by atoms with Crippen LogP contribution in [0.15, 0.2) is 24.5 Å². The molecule has 1 unspecified atom stereocenters. The maximum absolute atomic E-state index is 10.5. The molecule has 1 atom stereocenters. The van der Waals surface area contributed by atoms with Crippen molar-refractivity contribution in [3.05, 3.63) is 37.0 Å². The summed E-state index contributed by atoms with van der Waals surface area (Å²) in [5, 5.41) is 0. The molecule has 0 fully saturated rings. The molecule has 1 aromatic rings. The van der Waals surface area contributed by atoms with Gasteiger partial charge in [0.05, 0.1) is 0 Å². The van der Waals surface area contributed by atoms with Crippen LogP contribution in [0.25, 0.3) is 0 Å². The van der Waals surface area contributed by atoms with Crippen LogP contribution in [-0.2, 0) is 4.79 Å². The van der Waals surface area contributed by atoms with Gasteiger partial charge in [0.1, 0.15) is 0 Å². The van der Waals surface area contributed by atoms with Crippen LogP contribution in [0.5, 0.6) is 0 Å². The van der Waals surface area contributed by atoms with Crippen LogP contribution < -0.4 is 5.73 Å². The molecule has 0 aliphatic carbocycles. The molecule has 63 valence electrons. The summed E-state index contributed by atoms with van der Waals surface area (Å²) in [5.41, 5.74) is 5.97. The van der Waals surface area contributed by atoms with Gasteiger partial charge in [0.2, 0.25) is 5.91 Å². The van der Waals surface area contributed by atoms with Crippen LogP contribution in [-0.4, -0.2) is 10.9 Å². The van der Waals surface area contributed by atoms with Crippen LogP contribution in [0, 0.1) is 6.92 Å². The fraction of sp³-hybridized carbons (Fsp3) is 0.222. The van der Waals surface area contributed by atoms with Crippen molar-refractivity contribution in [2.75, 3.05) is 0 Å². The molecule has 1 radical (unpaired) electrons. The molecule has 0 aliphatic rings. The number of hydrogen-bond acceptors (Lipinski definition) is 2. The number of aromatic nitrogens is 1. The Morgan fingerprint density at radius 1 is 1.75 bits per heavy atom. The smallest absolute Gasteiger partial charge is 0.218 e. The Morgan fingerprint density at radius 3 is 3.00 bits per heavy atom. The minimum absolute atomic E-state index is 0.0869. The summed E-state index contributed by atoms with van der Waals surface area (Å²) < 4.78 is 0. The topological polar surface area (TPSA) is 56.0 Å². The van der Waals surface area contributed by atoms with Gasteiger partial charge < -0.3 is 5.73 Å². The Labute approximate surface area is 71.6 Å². The molecule has 0 aliphatic heterocycles. The van der Waals surface area contributed by atoms with E-state index in [1.165, 1.54) is 0 Å². The summed E-state index contributed by atoms with van der Waals surface area (Å²) >= 11 is 0. The number of carbonyl (C=O) groups excluding carboxylic acids is 1. The van der Waals surface area contributed by atoms with Crippen molar-refractivity contribution in [3.8, 4) is 0 Å². The van der Waals surface area contributed by atoms with E-state index in [4.69, 9.17) is 5.73 Å². The molecule has 12 heavy (non-hydrogen) atoms. The minimum Gasteiger partial charge on any atom is -0.370 e. The SMILES string of the molecule is [CH2]C(CC(N)=O)c1cccnc1. The first-order chi connectivity index (χ1) is 5.70. The number of hydrogen-bond donors (Lipinski definition) is 1. The van der Waals surface area contributed by atoms with E-state index in [0.717, 1.165) is 5.56 Å². The first-order valence-corrected chi connectivity index (χ1v) is 3.71. The Balaban J connectivity index is 2.65. The van der Waals surface area contributed by atoms with Crippen molar-refractivity contribution in [2.45, 2.75) is 12.3 Å². The van der Waals surface area contributed by atoms with Gasteiger partial charge in [-0.3, -0.25) is 9.78 Å². The Bertz CT molecular complexity index is 258. The number of carbonyl (C=O) groups is 1. The monoisotopic (exact) mass is 163 g/mol. The van der Waals surface area contributed by atoms with Gasteiger partial charge in [-0.05, 0) is 24.5 Å². The first kappa shape index (κ1) is 8.71. The predicted octanol–water partition coefficient (Wildman–Crippen LogP) is 0.875. The van der Waals surface area contributed by atoms with Gasteiger partial charge in [-0.1, -0.05) is 6.07 Å². The molecular weight excluding hydrogens is 152 g/mol. The molecule has 0 spiro atoms. The van der Waals surface area contributed by atoms with Gasteiger partial charge in [0, 0.05) is 18.8 Å². The molecule has 1 amide bonds. The van der Waals surface area contributed by atoms with E-state index >= 15 is 0 Å². The average Bonchev–Trinajstić information content (AvgIpc) is 2.05. The van der Waals surface area contributed by atoms with Gasteiger partial charge in [0.25, 0.3) is 0 Å². The van der Waals surface area contributed by atoms with Crippen LogP contribution in [0.4, 0.5) is 0 Å². The highest BCUT2D eigenvalue weighted by Crippen LogP contribution is 2.15. The lowest BCUT2D eigenvalue weighted by Gasteiger charge is -2.07. The third-order valence-electron chi connectivity index (χ3n) is 1.60.